The number of fused-ring (bicyclic) bond motifs is 1. The predicted molar refractivity (Wildman–Crippen MR) is 87.5 cm³/mol. The van der Waals surface area contributed by atoms with Crippen molar-refractivity contribution in [1.29, 1.82) is 0 Å². The van der Waals surface area contributed by atoms with E-state index in [0.29, 0.717) is 6.61 Å². The SMILES string of the molecule is CN(C)c1cc2ccccc2cc1CCCCCCO. The second kappa shape index (κ2) is 7.30. The highest BCUT2D eigenvalue weighted by Crippen LogP contribution is 2.27. The molecule has 0 aliphatic heterocycles. The van der Waals surface area contributed by atoms with Crippen LogP contribution in [0.2, 0.25) is 0 Å². The van der Waals surface area contributed by atoms with Crippen LogP contribution in [-0.4, -0.2) is 25.8 Å². The highest BCUT2D eigenvalue weighted by molar-refractivity contribution is 5.87. The van der Waals surface area contributed by atoms with Gasteiger partial charge < -0.3 is 10.0 Å². The van der Waals surface area contributed by atoms with Gasteiger partial charge in [0.25, 0.3) is 0 Å². The fourth-order valence-corrected chi connectivity index (χ4v) is 2.67. The molecule has 0 saturated heterocycles. The van der Waals surface area contributed by atoms with Gasteiger partial charge in [0.15, 0.2) is 0 Å². The van der Waals surface area contributed by atoms with E-state index in [1.165, 1.54) is 34.9 Å². The maximum atomic E-state index is 8.81. The summed E-state index contributed by atoms with van der Waals surface area (Å²) in [5.74, 6) is 0. The summed E-state index contributed by atoms with van der Waals surface area (Å²) >= 11 is 0. The molecule has 0 unspecified atom stereocenters. The van der Waals surface area contributed by atoms with E-state index >= 15 is 0 Å². The van der Waals surface area contributed by atoms with Gasteiger partial charge in [0.2, 0.25) is 0 Å². The Morgan fingerprint density at radius 2 is 1.55 bits per heavy atom. The number of aliphatic hydroxyl groups is 1. The summed E-state index contributed by atoms with van der Waals surface area (Å²) in [4.78, 5) is 2.20. The molecule has 0 spiro atoms. The van der Waals surface area contributed by atoms with Crippen molar-refractivity contribution in [3.63, 3.8) is 0 Å². The maximum Gasteiger partial charge on any atom is 0.0431 e. The molecule has 20 heavy (non-hydrogen) atoms. The Kier molecular flexibility index (Phi) is 5.42. The number of hydrogen-bond acceptors (Lipinski definition) is 2. The maximum absolute atomic E-state index is 8.81. The van der Waals surface area contributed by atoms with Gasteiger partial charge in [-0.1, -0.05) is 37.1 Å². The van der Waals surface area contributed by atoms with Crippen LogP contribution in [0.3, 0.4) is 0 Å². The average Bonchev–Trinajstić information content (AvgIpc) is 2.46. The zero-order valence-electron chi connectivity index (χ0n) is 12.6. The van der Waals surface area contributed by atoms with Gasteiger partial charge >= 0.3 is 0 Å². The van der Waals surface area contributed by atoms with Crippen molar-refractivity contribution < 1.29 is 5.11 Å². The number of unbranched alkanes of at least 4 members (excludes halogenated alkanes) is 3. The molecule has 2 heteroatoms. The van der Waals surface area contributed by atoms with Crippen LogP contribution in [0.4, 0.5) is 5.69 Å². The van der Waals surface area contributed by atoms with E-state index in [0.717, 1.165) is 19.3 Å². The summed E-state index contributed by atoms with van der Waals surface area (Å²) in [7, 11) is 4.22. The molecule has 0 radical (unpaired) electrons. The van der Waals surface area contributed by atoms with Gasteiger partial charge in [0.05, 0.1) is 0 Å². The molecule has 0 heterocycles. The lowest BCUT2D eigenvalue weighted by molar-refractivity contribution is 0.282. The fourth-order valence-electron chi connectivity index (χ4n) is 2.67. The molecule has 2 rings (SSSR count). The minimum Gasteiger partial charge on any atom is -0.396 e. The fraction of sp³-hybridized carbons (Fsp3) is 0.444. The Bertz CT molecular complexity index is 548. The molecule has 0 aliphatic carbocycles. The third kappa shape index (κ3) is 3.73. The molecule has 0 bridgehead atoms. The van der Waals surface area contributed by atoms with Gasteiger partial charge in [-0.25, -0.2) is 0 Å². The van der Waals surface area contributed by atoms with Gasteiger partial charge in [-0.3, -0.25) is 0 Å². The Balaban J connectivity index is 2.15. The Morgan fingerprint density at radius 1 is 0.900 bits per heavy atom. The van der Waals surface area contributed by atoms with Crippen molar-refractivity contribution in [2.75, 3.05) is 25.6 Å². The standard InChI is InChI=1S/C18H25NO/c1-19(2)18-14-16-10-7-6-9-15(16)13-17(18)11-5-3-4-8-12-20/h6-7,9-10,13-14,20H,3-5,8,11-12H2,1-2H3. The van der Waals surface area contributed by atoms with E-state index in [9.17, 15) is 0 Å². The Morgan fingerprint density at radius 3 is 2.20 bits per heavy atom. The number of anilines is 1. The van der Waals surface area contributed by atoms with E-state index in [1.807, 2.05) is 0 Å². The number of aryl methyl sites for hydroxylation is 1. The quantitative estimate of drug-likeness (QED) is 0.769. The number of hydrogen-bond donors (Lipinski definition) is 1. The molecule has 0 atom stereocenters. The van der Waals surface area contributed by atoms with Crippen LogP contribution in [-0.2, 0) is 6.42 Å². The normalized spacial score (nSPS) is 10.9. The van der Waals surface area contributed by atoms with Crippen molar-refractivity contribution in [3.05, 3.63) is 42.0 Å². The molecular formula is C18H25NO. The zero-order valence-corrected chi connectivity index (χ0v) is 12.6. The first kappa shape index (κ1) is 14.9. The van der Waals surface area contributed by atoms with E-state index in [-0.39, 0.29) is 0 Å². The summed E-state index contributed by atoms with van der Waals surface area (Å²) in [6.45, 7) is 0.318. The third-order valence-corrected chi connectivity index (χ3v) is 3.78. The molecule has 108 valence electrons. The number of nitrogens with zero attached hydrogens (tertiary/aromatic N) is 1. The molecule has 0 fully saturated rings. The van der Waals surface area contributed by atoms with Crippen molar-refractivity contribution in [1.82, 2.24) is 0 Å². The van der Waals surface area contributed by atoms with Crippen molar-refractivity contribution >= 4 is 16.5 Å². The van der Waals surface area contributed by atoms with Gasteiger partial charge in [0, 0.05) is 26.4 Å². The van der Waals surface area contributed by atoms with E-state index in [4.69, 9.17) is 5.11 Å². The predicted octanol–water partition coefficient (Wildman–Crippen LogP) is 4.00. The summed E-state index contributed by atoms with van der Waals surface area (Å²) in [5, 5.41) is 11.4. The van der Waals surface area contributed by atoms with Gasteiger partial charge in [-0.05, 0) is 47.7 Å². The summed E-state index contributed by atoms with van der Waals surface area (Å²) < 4.78 is 0. The van der Waals surface area contributed by atoms with Crippen molar-refractivity contribution in [2.24, 2.45) is 0 Å². The number of benzene rings is 2. The number of aliphatic hydroxyl groups excluding tert-OH is 1. The van der Waals surface area contributed by atoms with Gasteiger partial charge in [0.1, 0.15) is 0 Å². The molecule has 0 saturated carbocycles. The Hall–Kier alpha value is -1.54. The minimum absolute atomic E-state index is 0.318. The minimum atomic E-state index is 0.318. The lowest BCUT2D eigenvalue weighted by Gasteiger charge is -2.19. The summed E-state index contributed by atoms with van der Waals surface area (Å²) in [5.41, 5.74) is 2.75. The zero-order chi connectivity index (χ0) is 14.4. The molecule has 0 aromatic heterocycles. The van der Waals surface area contributed by atoms with Crippen LogP contribution in [0.15, 0.2) is 36.4 Å². The first-order valence-corrected chi connectivity index (χ1v) is 7.52. The molecule has 2 nitrogen and oxygen atoms in total. The van der Waals surface area contributed by atoms with Crippen LogP contribution in [0.1, 0.15) is 31.2 Å². The van der Waals surface area contributed by atoms with E-state index < -0.39 is 0 Å². The lowest BCUT2D eigenvalue weighted by Crippen LogP contribution is -2.11. The van der Waals surface area contributed by atoms with Crippen LogP contribution >= 0.6 is 0 Å². The molecule has 0 amide bonds. The third-order valence-electron chi connectivity index (χ3n) is 3.78. The molecular weight excluding hydrogens is 246 g/mol. The second-order valence-electron chi connectivity index (χ2n) is 5.61. The van der Waals surface area contributed by atoms with Crippen molar-refractivity contribution in [3.8, 4) is 0 Å². The summed E-state index contributed by atoms with van der Waals surface area (Å²) in [6, 6.07) is 13.2. The average molecular weight is 271 g/mol. The van der Waals surface area contributed by atoms with Crippen LogP contribution in [0.5, 0.6) is 0 Å². The number of rotatable bonds is 7. The Labute approximate surface area is 122 Å². The first-order valence-electron chi connectivity index (χ1n) is 7.52. The van der Waals surface area contributed by atoms with Crippen LogP contribution < -0.4 is 4.90 Å². The summed E-state index contributed by atoms with van der Waals surface area (Å²) in [6.07, 6.45) is 5.56. The van der Waals surface area contributed by atoms with Crippen molar-refractivity contribution in [2.45, 2.75) is 32.1 Å². The molecule has 1 N–H and O–H groups in total. The van der Waals surface area contributed by atoms with Crippen LogP contribution in [0, 0.1) is 0 Å². The van der Waals surface area contributed by atoms with E-state index in [1.54, 1.807) is 0 Å². The van der Waals surface area contributed by atoms with E-state index in [2.05, 4.69) is 55.4 Å². The molecule has 0 aliphatic rings. The monoisotopic (exact) mass is 271 g/mol. The van der Waals surface area contributed by atoms with Crippen LogP contribution in [0.25, 0.3) is 10.8 Å². The largest absolute Gasteiger partial charge is 0.396 e. The molecule has 2 aromatic rings. The molecule has 2 aromatic carbocycles. The topological polar surface area (TPSA) is 23.5 Å². The second-order valence-corrected chi connectivity index (χ2v) is 5.61. The smallest absolute Gasteiger partial charge is 0.0431 e. The highest BCUT2D eigenvalue weighted by atomic mass is 16.2. The van der Waals surface area contributed by atoms with Gasteiger partial charge in [-0.2, -0.15) is 0 Å². The highest BCUT2D eigenvalue weighted by Gasteiger charge is 2.06. The lowest BCUT2D eigenvalue weighted by atomic mass is 9.99. The van der Waals surface area contributed by atoms with Gasteiger partial charge in [-0.15, -0.1) is 0 Å². The first-order chi connectivity index (χ1) is 9.72.